The summed E-state index contributed by atoms with van der Waals surface area (Å²) in [7, 11) is 0. The molecule has 0 saturated carbocycles. The van der Waals surface area contributed by atoms with Crippen LogP contribution in [0, 0.1) is 0 Å². The number of nitrogens with zero attached hydrogens (tertiary/aromatic N) is 1. The summed E-state index contributed by atoms with van der Waals surface area (Å²) in [4.78, 5) is 2.62. The van der Waals surface area contributed by atoms with Gasteiger partial charge in [0.1, 0.15) is 0 Å². The van der Waals surface area contributed by atoms with E-state index in [0.29, 0.717) is 0 Å². The van der Waals surface area contributed by atoms with Crippen LogP contribution in [0.5, 0.6) is 0 Å². The van der Waals surface area contributed by atoms with E-state index in [1.807, 2.05) is 0 Å². The molecule has 1 aliphatic heterocycles. The zero-order chi connectivity index (χ0) is 8.97. The fraction of sp³-hybridized carbons (Fsp3) is 1.00. The Balaban J connectivity index is 2.36. The fourth-order valence-corrected chi connectivity index (χ4v) is 2.10. The summed E-state index contributed by atoms with van der Waals surface area (Å²) in [5.41, 5.74) is 0. The molecule has 72 valence electrons. The van der Waals surface area contributed by atoms with Crippen LogP contribution in [0.25, 0.3) is 0 Å². The molecule has 1 unspecified atom stereocenters. The van der Waals surface area contributed by atoms with Gasteiger partial charge in [-0.1, -0.05) is 13.3 Å². The molecule has 1 aliphatic rings. The Bertz CT molecular complexity index is 125. The third kappa shape index (κ3) is 2.46. The van der Waals surface area contributed by atoms with E-state index in [2.05, 4.69) is 31.0 Å². The van der Waals surface area contributed by atoms with Crippen LogP contribution in [0.1, 0.15) is 33.6 Å². The Morgan fingerprint density at radius 1 is 1.58 bits per heavy atom. The van der Waals surface area contributed by atoms with Gasteiger partial charge in [0.15, 0.2) is 0 Å². The summed E-state index contributed by atoms with van der Waals surface area (Å²) in [6.07, 6.45) is 2.64. The Kier molecular flexibility index (Phi) is 4.02. The van der Waals surface area contributed by atoms with Gasteiger partial charge in [-0.2, -0.15) is 0 Å². The molecule has 2 atom stereocenters. The molecular formula is C10H22N2. The SMILES string of the molecule is CCCC(C)N1CCNC[C@H]1C. The van der Waals surface area contributed by atoms with E-state index in [1.165, 1.54) is 25.9 Å². The van der Waals surface area contributed by atoms with Crippen molar-refractivity contribution in [2.45, 2.75) is 45.7 Å². The highest BCUT2D eigenvalue weighted by Crippen LogP contribution is 2.11. The van der Waals surface area contributed by atoms with Crippen LogP contribution in [0.15, 0.2) is 0 Å². The molecule has 0 aromatic carbocycles. The van der Waals surface area contributed by atoms with Gasteiger partial charge in [-0.25, -0.2) is 0 Å². The lowest BCUT2D eigenvalue weighted by molar-refractivity contribution is 0.120. The highest BCUT2D eigenvalue weighted by atomic mass is 15.2. The summed E-state index contributed by atoms with van der Waals surface area (Å²) in [6, 6.07) is 1.49. The minimum Gasteiger partial charge on any atom is -0.314 e. The van der Waals surface area contributed by atoms with Gasteiger partial charge in [0.25, 0.3) is 0 Å². The maximum atomic E-state index is 3.42. The van der Waals surface area contributed by atoms with E-state index in [-0.39, 0.29) is 0 Å². The Morgan fingerprint density at radius 3 is 2.92 bits per heavy atom. The molecule has 2 nitrogen and oxygen atoms in total. The molecule has 1 heterocycles. The van der Waals surface area contributed by atoms with E-state index in [9.17, 15) is 0 Å². The lowest BCUT2D eigenvalue weighted by Gasteiger charge is -2.38. The zero-order valence-electron chi connectivity index (χ0n) is 8.64. The van der Waals surface area contributed by atoms with Gasteiger partial charge in [0, 0.05) is 31.7 Å². The number of piperazine rings is 1. The lowest BCUT2D eigenvalue weighted by atomic mass is 10.1. The van der Waals surface area contributed by atoms with Crippen molar-refractivity contribution in [2.24, 2.45) is 0 Å². The summed E-state index contributed by atoms with van der Waals surface area (Å²) in [5, 5.41) is 3.42. The van der Waals surface area contributed by atoms with Crippen LogP contribution in [0.4, 0.5) is 0 Å². The molecule has 1 N–H and O–H groups in total. The number of nitrogens with one attached hydrogen (secondary N) is 1. The Hall–Kier alpha value is -0.0800. The maximum Gasteiger partial charge on any atom is 0.0195 e. The minimum absolute atomic E-state index is 0.722. The second-order valence-corrected chi connectivity index (χ2v) is 3.93. The van der Waals surface area contributed by atoms with E-state index in [0.717, 1.165) is 18.6 Å². The third-order valence-electron chi connectivity index (χ3n) is 2.83. The molecule has 0 spiro atoms. The molecule has 2 heteroatoms. The predicted octanol–water partition coefficient (Wildman–Crippen LogP) is 1.47. The predicted molar refractivity (Wildman–Crippen MR) is 53.4 cm³/mol. The first kappa shape index (κ1) is 10.0. The maximum absolute atomic E-state index is 3.42. The monoisotopic (exact) mass is 170 g/mol. The average Bonchev–Trinajstić information content (AvgIpc) is 2.05. The first-order chi connectivity index (χ1) is 5.75. The molecule has 0 aliphatic carbocycles. The second kappa shape index (κ2) is 4.83. The summed E-state index contributed by atoms with van der Waals surface area (Å²) >= 11 is 0. The van der Waals surface area contributed by atoms with Gasteiger partial charge in [0.05, 0.1) is 0 Å². The smallest absolute Gasteiger partial charge is 0.0195 e. The van der Waals surface area contributed by atoms with Crippen LogP contribution in [0.3, 0.4) is 0 Å². The largest absolute Gasteiger partial charge is 0.314 e. The molecule has 0 aromatic heterocycles. The first-order valence-electron chi connectivity index (χ1n) is 5.22. The second-order valence-electron chi connectivity index (χ2n) is 3.93. The van der Waals surface area contributed by atoms with Crippen molar-refractivity contribution in [3.63, 3.8) is 0 Å². The van der Waals surface area contributed by atoms with E-state index in [4.69, 9.17) is 0 Å². The number of rotatable bonds is 3. The van der Waals surface area contributed by atoms with Crippen molar-refractivity contribution < 1.29 is 0 Å². The molecular weight excluding hydrogens is 148 g/mol. The highest BCUT2D eigenvalue weighted by molar-refractivity contribution is 4.79. The van der Waals surface area contributed by atoms with Gasteiger partial charge < -0.3 is 5.32 Å². The van der Waals surface area contributed by atoms with Crippen molar-refractivity contribution in [3.05, 3.63) is 0 Å². The van der Waals surface area contributed by atoms with Crippen LogP contribution >= 0.6 is 0 Å². The first-order valence-corrected chi connectivity index (χ1v) is 5.22. The van der Waals surface area contributed by atoms with Crippen molar-refractivity contribution in [1.82, 2.24) is 10.2 Å². The van der Waals surface area contributed by atoms with Gasteiger partial charge in [-0.05, 0) is 20.3 Å². The average molecular weight is 170 g/mol. The Morgan fingerprint density at radius 2 is 2.33 bits per heavy atom. The Labute approximate surface area is 76.3 Å². The normalized spacial score (nSPS) is 28.8. The summed E-state index contributed by atoms with van der Waals surface area (Å²) in [6.45, 7) is 10.5. The molecule has 1 rings (SSSR count). The molecule has 1 fully saturated rings. The highest BCUT2D eigenvalue weighted by Gasteiger charge is 2.21. The van der Waals surface area contributed by atoms with Crippen molar-refractivity contribution in [2.75, 3.05) is 19.6 Å². The molecule has 0 amide bonds. The minimum atomic E-state index is 0.722. The number of hydrogen-bond donors (Lipinski definition) is 1. The molecule has 0 aromatic rings. The van der Waals surface area contributed by atoms with Gasteiger partial charge in [0.2, 0.25) is 0 Å². The molecule has 0 radical (unpaired) electrons. The summed E-state index contributed by atoms with van der Waals surface area (Å²) < 4.78 is 0. The van der Waals surface area contributed by atoms with Gasteiger partial charge in [-0.3, -0.25) is 4.90 Å². The topological polar surface area (TPSA) is 15.3 Å². The van der Waals surface area contributed by atoms with E-state index >= 15 is 0 Å². The van der Waals surface area contributed by atoms with Crippen LogP contribution in [-0.4, -0.2) is 36.6 Å². The van der Waals surface area contributed by atoms with E-state index < -0.39 is 0 Å². The van der Waals surface area contributed by atoms with Crippen LogP contribution in [-0.2, 0) is 0 Å². The van der Waals surface area contributed by atoms with Gasteiger partial charge >= 0.3 is 0 Å². The standard InChI is InChI=1S/C10H22N2/c1-4-5-9(2)12-7-6-11-8-10(12)3/h9-11H,4-8H2,1-3H3/t9?,10-/m1/s1. The van der Waals surface area contributed by atoms with Gasteiger partial charge in [-0.15, -0.1) is 0 Å². The molecule has 1 saturated heterocycles. The zero-order valence-corrected chi connectivity index (χ0v) is 8.64. The molecule has 12 heavy (non-hydrogen) atoms. The van der Waals surface area contributed by atoms with Crippen LogP contribution in [0.2, 0.25) is 0 Å². The van der Waals surface area contributed by atoms with Crippen LogP contribution < -0.4 is 5.32 Å². The third-order valence-corrected chi connectivity index (χ3v) is 2.83. The summed E-state index contributed by atoms with van der Waals surface area (Å²) in [5.74, 6) is 0. The van der Waals surface area contributed by atoms with E-state index in [1.54, 1.807) is 0 Å². The lowest BCUT2D eigenvalue weighted by Crippen LogP contribution is -2.53. The number of hydrogen-bond acceptors (Lipinski definition) is 2. The van der Waals surface area contributed by atoms with Crippen molar-refractivity contribution in [3.8, 4) is 0 Å². The fourth-order valence-electron chi connectivity index (χ4n) is 2.10. The van der Waals surface area contributed by atoms with Crippen molar-refractivity contribution in [1.29, 1.82) is 0 Å². The molecule has 0 bridgehead atoms. The quantitative estimate of drug-likeness (QED) is 0.690. The van der Waals surface area contributed by atoms with Crippen molar-refractivity contribution >= 4 is 0 Å².